The predicted octanol–water partition coefficient (Wildman–Crippen LogP) is 3.45. The standard InChI is InChI=1S/C30H33N7O2/c1-3-21-6-7-28-23(12-21)16-31-30(34-28)33-25-13-22(24-17-32-35(2)18-24)14-27(15-25)39-26-8-11-37(19-26)29(38)20-36-9-4-5-10-36/h1,6-7,12-17,24,26H,4-5,8-11,18-20H2,2H3,(H,31,33,34)/t24?,26-/m0/s1. The molecule has 2 saturated heterocycles. The molecule has 9 nitrogen and oxygen atoms in total. The summed E-state index contributed by atoms with van der Waals surface area (Å²) >= 11 is 0. The summed E-state index contributed by atoms with van der Waals surface area (Å²) in [5.74, 6) is 4.26. The topological polar surface area (TPSA) is 86.2 Å². The van der Waals surface area contributed by atoms with Gasteiger partial charge in [0.05, 0.1) is 18.6 Å². The lowest BCUT2D eigenvalue weighted by Crippen LogP contribution is -2.38. The first-order chi connectivity index (χ1) is 19.0. The van der Waals surface area contributed by atoms with Gasteiger partial charge >= 0.3 is 0 Å². The molecule has 3 aliphatic heterocycles. The van der Waals surface area contributed by atoms with Gasteiger partial charge in [-0.25, -0.2) is 9.97 Å². The molecule has 0 aliphatic carbocycles. The third kappa shape index (κ3) is 5.81. The Kier molecular flexibility index (Phi) is 7.03. The van der Waals surface area contributed by atoms with E-state index in [9.17, 15) is 4.79 Å². The third-order valence-corrected chi connectivity index (χ3v) is 7.62. The maximum absolute atomic E-state index is 12.8. The van der Waals surface area contributed by atoms with E-state index in [4.69, 9.17) is 11.2 Å². The second-order valence-electron chi connectivity index (χ2n) is 10.6. The van der Waals surface area contributed by atoms with Gasteiger partial charge in [0.25, 0.3) is 0 Å². The average Bonchev–Trinajstić information content (AvgIpc) is 3.71. The van der Waals surface area contributed by atoms with Crippen LogP contribution in [-0.2, 0) is 4.79 Å². The van der Waals surface area contributed by atoms with Crippen molar-refractivity contribution < 1.29 is 9.53 Å². The van der Waals surface area contributed by atoms with E-state index < -0.39 is 0 Å². The van der Waals surface area contributed by atoms with Crippen LogP contribution in [0.5, 0.6) is 5.75 Å². The number of aromatic nitrogens is 2. The Morgan fingerprint density at radius 3 is 2.82 bits per heavy atom. The monoisotopic (exact) mass is 523 g/mol. The zero-order valence-corrected chi connectivity index (χ0v) is 22.2. The van der Waals surface area contributed by atoms with Crippen LogP contribution in [0.2, 0.25) is 0 Å². The lowest BCUT2D eigenvalue weighted by molar-refractivity contribution is -0.131. The van der Waals surface area contributed by atoms with Crippen molar-refractivity contribution in [2.24, 2.45) is 5.10 Å². The van der Waals surface area contributed by atoms with Gasteiger partial charge in [-0.3, -0.25) is 14.7 Å². The fourth-order valence-corrected chi connectivity index (χ4v) is 5.53. The van der Waals surface area contributed by atoms with E-state index in [-0.39, 0.29) is 17.9 Å². The number of nitrogens with zero attached hydrogens (tertiary/aromatic N) is 6. The number of likely N-dealkylation sites (N-methyl/N-ethyl adjacent to an activating group) is 1. The van der Waals surface area contributed by atoms with Crippen LogP contribution in [-0.4, -0.2) is 89.3 Å². The fourth-order valence-electron chi connectivity index (χ4n) is 5.53. The minimum atomic E-state index is -0.0437. The number of likely N-dealkylation sites (tertiary alicyclic amines) is 2. The van der Waals surface area contributed by atoms with Gasteiger partial charge in [0.1, 0.15) is 11.9 Å². The lowest BCUT2D eigenvalue weighted by Gasteiger charge is -2.21. The number of nitrogens with one attached hydrogen (secondary N) is 1. The molecule has 9 heteroatoms. The molecule has 2 aromatic carbocycles. The van der Waals surface area contributed by atoms with Crippen LogP contribution in [0.25, 0.3) is 10.9 Å². The summed E-state index contributed by atoms with van der Waals surface area (Å²) in [5, 5.41) is 10.6. The van der Waals surface area contributed by atoms with Crippen molar-refractivity contribution in [3.05, 3.63) is 53.7 Å². The number of rotatable bonds is 7. The van der Waals surface area contributed by atoms with Gasteiger partial charge < -0.3 is 15.0 Å². The molecule has 200 valence electrons. The van der Waals surface area contributed by atoms with Gasteiger partial charge in [-0.1, -0.05) is 5.92 Å². The Morgan fingerprint density at radius 2 is 2.03 bits per heavy atom. The number of anilines is 2. The summed E-state index contributed by atoms with van der Waals surface area (Å²) < 4.78 is 6.46. The van der Waals surface area contributed by atoms with Crippen molar-refractivity contribution in [2.75, 3.05) is 51.6 Å². The largest absolute Gasteiger partial charge is 0.488 e. The summed E-state index contributed by atoms with van der Waals surface area (Å²) in [6.45, 7) is 4.70. The van der Waals surface area contributed by atoms with Gasteiger partial charge in [-0.2, -0.15) is 5.10 Å². The molecule has 1 N–H and O–H groups in total. The smallest absolute Gasteiger partial charge is 0.236 e. The van der Waals surface area contributed by atoms with E-state index >= 15 is 0 Å². The Hall–Kier alpha value is -4.16. The molecular formula is C30H33N7O2. The number of ether oxygens (including phenoxy) is 1. The van der Waals surface area contributed by atoms with Crippen molar-refractivity contribution in [3.8, 4) is 18.1 Å². The molecule has 1 unspecified atom stereocenters. The first kappa shape index (κ1) is 25.1. The minimum Gasteiger partial charge on any atom is -0.488 e. The number of amides is 1. The molecule has 2 atom stereocenters. The Labute approximate surface area is 228 Å². The normalized spacial score (nSPS) is 21.0. The second kappa shape index (κ2) is 10.9. The molecule has 0 bridgehead atoms. The maximum atomic E-state index is 12.8. The van der Waals surface area contributed by atoms with Crippen LogP contribution in [0.1, 0.15) is 36.3 Å². The number of hydrogen-bond acceptors (Lipinski definition) is 8. The molecule has 39 heavy (non-hydrogen) atoms. The molecular weight excluding hydrogens is 490 g/mol. The number of fused-ring (bicyclic) bond motifs is 1. The zero-order valence-electron chi connectivity index (χ0n) is 22.2. The van der Waals surface area contributed by atoms with Gasteiger partial charge in [0.15, 0.2) is 0 Å². The summed E-state index contributed by atoms with van der Waals surface area (Å²) in [7, 11) is 1.97. The quantitative estimate of drug-likeness (QED) is 0.475. The number of terminal acetylenes is 1. The summed E-state index contributed by atoms with van der Waals surface area (Å²) in [6, 6.07) is 11.8. The highest BCUT2D eigenvalue weighted by molar-refractivity contribution is 5.81. The molecule has 1 amide bonds. The van der Waals surface area contributed by atoms with Crippen LogP contribution in [0.3, 0.4) is 0 Å². The molecule has 6 rings (SSSR count). The summed E-state index contributed by atoms with van der Waals surface area (Å²) in [5.41, 5.74) is 3.55. The highest BCUT2D eigenvalue weighted by Crippen LogP contribution is 2.31. The van der Waals surface area contributed by atoms with Crippen molar-refractivity contribution in [1.29, 1.82) is 0 Å². The van der Waals surface area contributed by atoms with Crippen LogP contribution in [0, 0.1) is 12.3 Å². The first-order valence-electron chi connectivity index (χ1n) is 13.6. The number of carbonyl (C=O) groups is 1. The van der Waals surface area contributed by atoms with Gasteiger partial charge in [0, 0.05) is 67.6 Å². The molecule has 4 heterocycles. The molecule has 3 aromatic rings. The van der Waals surface area contributed by atoms with Crippen LogP contribution >= 0.6 is 0 Å². The average molecular weight is 524 g/mol. The lowest BCUT2D eigenvalue weighted by atomic mass is 10.00. The van der Waals surface area contributed by atoms with Crippen LogP contribution < -0.4 is 10.1 Å². The van der Waals surface area contributed by atoms with Crippen LogP contribution in [0.4, 0.5) is 11.6 Å². The number of hydrogen-bond donors (Lipinski definition) is 1. The third-order valence-electron chi connectivity index (χ3n) is 7.62. The predicted molar refractivity (Wildman–Crippen MR) is 152 cm³/mol. The number of hydrazone groups is 1. The Morgan fingerprint density at radius 1 is 1.15 bits per heavy atom. The van der Waals surface area contributed by atoms with Gasteiger partial charge in [-0.15, -0.1) is 6.42 Å². The SMILES string of the molecule is C#Cc1ccc2nc(Nc3cc(O[C@H]4CCN(C(=O)CN5CCCC5)C4)cc(C4C=NN(C)C4)c3)ncc2c1. The molecule has 0 radical (unpaired) electrons. The summed E-state index contributed by atoms with van der Waals surface area (Å²) in [6.07, 6.45) is 12.4. The first-order valence-corrected chi connectivity index (χ1v) is 13.6. The second-order valence-corrected chi connectivity index (χ2v) is 10.6. The van der Waals surface area contributed by atoms with Crippen molar-refractivity contribution in [1.82, 2.24) is 24.8 Å². The van der Waals surface area contributed by atoms with E-state index in [0.29, 0.717) is 19.0 Å². The van der Waals surface area contributed by atoms with Crippen molar-refractivity contribution in [3.63, 3.8) is 0 Å². The van der Waals surface area contributed by atoms with Crippen LogP contribution in [0.15, 0.2) is 47.7 Å². The molecule has 2 fully saturated rings. The highest BCUT2D eigenvalue weighted by atomic mass is 16.5. The Balaban J connectivity index is 1.19. The fraction of sp³-hybridized carbons (Fsp3) is 0.400. The zero-order chi connectivity index (χ0) is 26.8. The number of carbonyl (C=O) groups excluding carboxylic acids is 1. The van der Waals surface area contributed by atoms with E-state index in [2.05, 4.69) is 43.3 Å². The van der Waals surface area contributed by atoms with Gasteiger partial charge in [-0.05, 0) is 61.8 Å². The molecule has 0 spiro atoms. The number of benzene rings is 2. The maximum Gasteiger partial charge on any atom is 0.236 e. The van der Waals surface area contributed by atoms with Crippen molar-refractivity contribution in [2.45, 2.75) is 31.3 Å². The van der Waals surface area contributed by atoms with E-state index in [1.807, 2.05) is 47.4 Å². The van der Waals surface area contributed by atoms with Gasteiger partial charge in [0.2, 0.25) is 11.9 Å². The highest BCUT2D eigenvalue weighted by Gasteiger charge is 2.29. The summed E-state index contributed by atoms with van der Waals surface area (Å²) in [4.78, 5) is 26.2. The van der Waals surface area contributed by atoms with E-state index in [0.717, 1.165) is 66.1 Å². The molecule has 1 aromatic heterocycles. The molecule has 3 aliphatic rings. The Bertz CT molecular complexity index is 1440. The molecule has 0 saturated carbocycles. The minimum absolute atomic E-state index is 0.0437. The van der Waals surface area contributed by atoms with Crippen molar-refractivity contribution >= 4 is 34.7 Å². The van der Waals surface area contributed by atoms with E-state index in [1.54, 1.807) is 6.20 Å². The van der Waals surface area contributed by atoms with E-state index in [1.165, 1.54) is 12.8 Å².